The highest BCUT2D eigenvalue weighted by atomic mass is 127. The molecule has 1 saturated carbocycles. The van der Waals surface area contributed by atoms with E-state index < -0.39 is 0 Å². The number of rotatable bonds is 2. The summed E-state index contributed by atoms with van der Waals surface area (Å²) in [7, 11) is 2.04. The first-order chi connectivity index (χ1) is 8.24. The molecule has 0 radical (unpaired) electrons. The Morgan fingerprint density at radius 1 is 1.44 bits per heavy atom. The molecule has 1 heterocycles. The number of likely N-dealkylation sites (N-methyl/N-ethyl adjacent to an activating group) is 1. The third-order valence-corrected chi connectivity index (χ3v) is 3.44. The molecule has 2 unspecified atom stereocenters. The second-order valence-corrected chi connectivity index (χ2v) is 4.77. The summed E-state index contributed by atoms with van der Waals surface area (Å²) < 4.78 is 13.1. The second kappa shape index (κ2) is 5.42. The molecule has 98 valence electrons. The lowest BCUT2D eigenvalue weighted by molar-refractivity contribution is 0.532. The van der Waals surface area contributed by atoms with Crippen LogP contribution in [0.4, 0.5) is 4.39 Å². The van der Waals surface area contributed by atoms with Gasteiger partial charge in [-0.1, -0.05) is 12.1 Å². The molecule has 1 aliphatic carbocycles. The van der Waals surface area contributed by atoms with E-state index in [4.69, 9.17) is 0 Å². The topological polar surface area (TPSA) is 27.6 Å². The number of halogens is 2. The van der Waals surface area contributed by atoms with Crippen molar-refractivity contribution in [1.82, 2.24) is 10.2 Å². The predicted octanol–water partition coefficient (Wildman–Crippen LogP) is 2.19. The van der Waals surface area contributed by atoms with Gasteiger partial charge in [0.25, 0.3) is 0 Å². The van der Waals surface area contributed by atoms with Crippen LogP contribution < -0.4 is 5.32 Å². The lowest BCUT2D eigenvalue weighted by atomic mass is 10.1. The molecule has 1 fully saturated rings. The van der Waals surface area contributed by atoms with Gasteiger partial charge in [-0.2, -0.15) is 0 Å². The Bertz CT molecular complexity index is 463. The first kappa shape index (κ1) is 13.6. The number of hydrogen-bond donors (Lipinski definition) is 1. The highest BCUT2D eigenvalue weighted by molar-refractivity contribution is 14.0. The van der Waals surface area contributed by atoms with Gasteiger partial charge >= 0.3 is 0 Å². The minimum Gasteiger partial charge on any atom is -0.353 e. The fourth-order valence-electron chi connectivity index (χ4n) is 2.31. The summed E-state index contributed by atoms with van der Waals surface area (Å²) in [4.78, 5) is 6.53. The van der Waals surface area contributed by atoms with Gasteiger partial charge < -0.3 is 10.2 Å². The van der Waals surface area contributed by atoms with Gasteiger partial charge in [0, 0.05) is 25.6 Å². The van der Waals surface area contributed by atoms with E-state index in [1.54, 1.807) is 12.1 Å². The molecule has 1 N–H and O–H groups in total. The van der Waals surface area contributed by atoms with Gasteiger partial charge in [0.05, 0.1) is 6.54 Å². The van der Waals surface area contributed by atoms with Crippen LogP contribution >= 0.6 is 24.0 Å². The van der Waals surface area contributed by atoms with E-state index in [1.165, 1.54) is 6.07 Å². The van der Waals surface area contributed by atoms with Crippen LogP contribution in [0.5, 0.6) is 0 Å². The molecule has 2 atom stereocenters. The van der Waals surface area contributed by atoms with E-state index >= 15 is 0 Å². The molecule has 0 aromatic heterocycles. The minimum absolute atomic E-state index is 0. The molecule has 3 nitrogen and oxygen atoms in total. The van der Waals surface area contributed by atoms with Crippen molar-refractivity contribution in [3.63, 3.8) is 0 Å². The van der Waals surface area contributed by atoms with Crippen LogP contribution in [-0.4, -0.2) is 37.0 Å². The summed E-state index contributed by atoms with van der Waals surface area (Å²) in [5, 5.41) is 3.42. The van der Waals surface area contributed by atoms with Crippen LogP contribution in [0.2, 0.25) is 0 Å². The van der Waals surface area contributed by atoms with Gasteiger partial charge in [-0.15, -0.1) is 24.0 Å². The smallest absolute Gasteiger partial charge is 0.194 e. The zero-order valence-electron chi connectivity index (χ0n) is 10.3. The van der Waals surface area contributed by atoms with Gasteiger partial charge in [-0.25, -0.2) is 4.39 Å². The maximum atomic E-state index is 13.1. The van der Waals surface area contributed by atoms with E-state index in [0.717, 1.165) is 31.0 Å². The molecule has 2 aliphatic rings. The van der Waals surface area contributed by atoms with E-state index in [0.29, 0.717) is 12.0 Å². The Balaban J connectivity index is 0.00000120. The normalized spacial score (nSPS) is 25.4. The SMILES string of the molecule is CN1CCN=C1NC1CC1c1cccc(F)c1.I. The molecule has 5 heteroatoms. The largest absolute Gasteiger partial charge is 0.353 e. The number of aliphatic imine (C=N–C) groups is 1. The van der Waals surface area contributed by atoms with Crippen molar-refractivity contribution in [2.45, 2.75) is 18.4 Å². The van der Waals surface area contributed by atoms with Gasteiger partial charge in [-0.05, 0) is 24.1 Å². The summed E-state index contributed by atoms with van der Waals surface area (Å²) in [5.41, 5.74) is 1.09. The third kappa shape index (κ3) is 2.76. The molecule has 0 bridgehead atoms. The molecule has 0 amide bonds. The van der Waals surface area contributed by atoms with Gasteiger partial charge in [0.15, 0.2) is 5.96 Å². The number of nitrogens with zero attached hydrogens (tertiary/aromatic N) is 2. The zero-order chi connectivity index (χ0) is 11.8. The van der Waals surface area contributed by atoms with Crippen LogP contribution in [0.25, 0.3) is 0 Å². The highest BCUT2D eigenvalue weighted by Crippen LogP contribution is 2.41. The van der Waals surface area contributed by atoms with Crippen molar-refractivity contribution in [1.29, 1.82) is 0 Å². The number of hydrogen-bond acceptors (Lipinski definition) is 3. The molecular formula is C13H17FIN3. The third-order valence-electron chi connectivity index (χ3n) is 3.44. The average Bonchev–Trinajstić information content (AvgIpc) is 2.96. The molecule has 0 saturated heterocycles. The Morgan fingerprint density at radius 2 is 2.28 bits per heavy atom. The monoisotopic (exact) mass is 361 g/mol. The predicted molar refractivity (Wildman–Crippen MR) is 81.0 cm³/mol. The first-order valence-corrected chi connectivity index (χ1v) is 6.01. The van der Waals surface area contributed by atoms with E-state index in [1.807, 2.05) is 13.1 Å². The zero-order valence-corrected chi connectivity index (χ0v) is 12.6. The number of guanidine groups is 1. The molecule has 3 rings (SSSR count). The molecule has 0 spiro atoms. The Labute approximate surface area is 123 Å². The molecular weight excluding hydrogens is 344 g/mol. The van der Waals surface area contributed by atoms with Crippen molar-refractivity contribution in [2.75, 3.05) is 20.1 Å². The Kier molecular flexibility index (Phi) is 4.09. The second-order valence-electron chi connectivity index (χ2n) is 4.77. The summed E-state index contributed by atoms with van der Waals surface area (Å²) in [5.74, 6) is 1.26. The lowest BCUT2D eigenvalue weighted by Crippen LogP contribution is -2.37. The van der Waals surface area contributed by atoms with Crippen molar-refractivity contribution in [2.24, 2.45) is 4.99 Å². The summed E-state index contributed by atoms with van der Waals surface area (Å²) in [6.45, 7) is 1.86. The first-order valence-electron chi connectivity index (χ1n) is 6.01. The van der Waals surface area contributed by atoms with Crippen LogP contribution in [0.1, 0.15) is 17.9 Å². The lowest BCUT2D eigenvalue weighted by Gasteiger charge is -2.15. The van der Waals surface area contributed by atoms with Crippen LogP contribution in [0, 0.1) is 5.82 Å². The average molecular weight is 361 g/mol. The molecule has 1 aromatic rings. The van der Waals surface area contributed by atoms with E-state index in [2.05, 4.69) is 15.2 Å². The molecule has 1 aromatic carbocycles. The summed E-state index contributed by atoms with van der Waals surface area (Å²) in [6, 6.07) is 7.31. The highest BCUT2D eigenvalue weighted by Gasteiger charge is 2.39. The van der Waals surface area contributed by atoms with Crippen molar-refractivity contribution >= 4 is 29.9 Å². The van der Waals surface area contributed by atoms with Crippen molar-refractivity contribution in [3.05, 3.63) is 35.6 Å². The number of benzene rings is 1. The van der Waals surface area contributed by atoms with Gasteiger partial charge in [0.1, 0.15) is 5.82 Å². The molecule has 18 heavy (non-hydrogen) atoms. The fourth-order valence-corrected chi connectivity index (χ4v) is 2.31. The van der Waals surface area contributed by atoms with Crippen LogP contribution in [0.15, 0.2) is 29.3 Å². The summed E-state index contributed by atoms with van der Waals surface area (Å²) in [6.07, 6.45) is 1.07. The Morgan fingerprint density at radius 3 is 2.94 bits per heavy atom. The molecule has 1 aliphatic heterocycles. The Hall–Kier alpha value is -0.850. The van der Waals surface area contributed by atoms with Crippen molar-refractivity contribution < 1.29 is 4.39 Å². The fraction of sp³-hybridized carbons (Fsp3) is 0.462. The van der Waals surface area contributed by atoms with Crippen LogP contribution in [-0.2, 0) is 0 Å². The van der Waals surface area contributed by atoms with Gasteiger partial charge in [-0.3, -0.25) is 4.99 Å². The maximum absolute atomic E-state index is 13.1. The van der Waals surface area contributed by atoms with Crippen molar-refractivity contribution in [3.8, 4) is 0 Å². The quantitative estimate of drug-likeness (QED) is 0.818. The van der Waals surface area contributed by atoms with Gasteiger partial charge in [0.2, 0.25) is 0 Å². The standard InChI is InChI=1S/C13H16FN3.HI/c1-17-6-5-15-13(17)16-12-8-11(12)9-3-2-4-10(14)7-9;/h2-4,7,11-12H,5-6,8H2,1H3,(H,15,16);1H. The van der Waals surface area contributed by atoms with E-state index in [-0.39, 0.29) is 29.8 Å². The summed E-state index contributed by atoms with van der Waals surface area (Å²) >= 11 is 0. The number of nitrogens with one attached hydrogen (secondary N) is 1. The minimum atomic E-state index is -0.150. The van der Waals surface area contributed by atoms with E-state index in [9.17, 15) is 4.39 Å². The maximum Gasteiger partial charge on any atom is 0.194 e. The van der Waals surface area contributed by atoms with Crippen LogP contribution in [0.3, 0.4) is 0 Å².